The van der Waals surface area contributed by atoms with Crippen LogP contribution in [0.25, 0.3) is 6.08 Å². The summed E-state index contributed by atoms with van der Waals surface area (Å²) in [5.74, 6) is 0.905. The molecule has 0 heterocycles. The summed E-state index contributed by atoms with van der Waals surface area (Å²) in [5.41, 5.74) is 2.16. The SMILES string of the molecule is CC=Cc1cc(C(=O)OCc2cc(C(C)=O)ccc2OC)cc(OC)c1OC. The molecule has 0 unspecified atom stereocenters. The van der Waals surface area contributed by atoms with E-state index in [1.165, 1.54) is 28.3 Å². The number of rotatable bonds is 8. The zero-order valence-corrected chi connectivity index (χ0v) is 16.7. The molecule has 0 N–H and O–H groups in total. The van der Waals surface area contributed by atoms with Crippen molar-refractivity contribution in [3.8, 4) is 17.2 Å². The highest BCUT2D eigenvalue weighted by atomic mass is 16.5. The van der Waals surface area contributed by atoms with Gasteiger partial charge in [0, 0.05) is 16.7 Å². The Morgan fingerprint density at radius 1 is 0.929 bits per heavy atom. The molecule has 2 aromatic carbocycles. The van der Waals surface area contributed by atoms with Gasteiger partial charge in [-0.2, -0.15) is 0 Å². The van der Waals surface area contributed by atoms with E-state index in [1.807, 2.05) is 19.1 Å². The van der Waals surface area contributed by atoms with E-state index in [2.05, 4.69) is 0 Å². The summed E-state index contributed by atoms with van der Waals surface area (Å²) >= 11 is 0. The van der Waals surface area contributed by atoms with E-state index in [-0.39, 0.29) is 12.4 Å². The van der Waals surface area contributed by atoms with E-state index >= 15 is 0 Å². The molecule has 0 saturated carbocycles. The van der Waals surface area contributed by atoms with Crippen LogP contribution < -0.4 is 14.2 Å². The van der Waals surface area contributed by atoms with Gasteiger partial charge >= 0.3 is 5.97 Å². The number of Topliss-reactive ketones (excluding diaryl/α,β-unsaturated/α-hetero) is 1. The van der Waals surface area contributed by atoms with E-state index in [9.17, 15) is 9.59 Å². The van der Waals surface area contributed by atoms with Crippen molar-refractivity contribution in [2.45, 2.75) is 20.5 Å². The third-order valence-corrected chi connectivity index (χ3v) is 4.14. The molecule has 0 radical (unpaired) electrons. The van der Waals surface area contributed by atoms with E-state index in [0.717, 1.165) is 0 Å². The Balaban J connectivity index is 2.30. The number of carbonyl (C=O) groups excluding carboxylic acids is 2. The molecule has 0 spiro atoms. The van der Waals surface area contributed by atoms with Crippen LogP contribution in [-0.2, 0) is 11.3 Å². The minimum Gasteiger partial charge on any atom is -0.496 e. The Kier molecular flexibility index (Phi) is 7.21. The van der Waals surface area contributed by atoms with Crippen LogP contribution in [0.3, 0.4) is 0 Å². The van der Waals surface area contributed by atoms with Crippen LogP contribution in [0.5, 0.6) is 17.2 Å². The third-order valence-electron chi connectivity index (χ3n) is 4.14. The molecule has 0 atom stereocenters. The summed E-state index contributed by atoms with van der Waals surface area (Å²) in [5, 5.41) is 0. The van der Waals surface area contributed by atoms with E-state index in [0.29, 0.717) is 39.5 Å². The second kappa shape index (κ2) is 9.60. The zero-order chi connectivity index (χ0) is 20.7. The Morgan fingerprint density at radius 2 is 1.64 bits per heavy atom. The topological polar surface area (TPSA) is 71.1 Å². The quantitative estimate of drug-likeness (QED) is 0.499. The number of ether oxygens (including phenoxy) is 4. The van der Waals surface area contributed by atoms with Crippen molar-refractivity contribution in [2.24, 2.45) is 0 Å². The van der Waals surface area contributed by atoms with E-state index in [1.54, 1.807) is 30.3 Å². The summed E-state index contributed by atoms with van der Waals surface area (Å²) in [6.07, 6.45) is 3.65. The lowest BCUT2D eigenvalue weighted by Crippen LogP contribution is -2.08. The smallest absolute Gasteiger partial charge is 0.338 e. The van der Waals surface area contributed by atoms with Crippen molar-refractivity contribution in [2.75, 3.05) is 21.3 Å². The summed E-state index contributed by atoms with van der Waals surface area (Å²) < 4.78 is 21.4. The molecule has 0 aliphatic heterocycles. The lowest BCUT2D eigenvalue weighted by atomic mass is 10.1. The van der Waals surface area contributed by atoms with Gasteiger partial charge in [-0.05, 0) is 44.2 Å². The lowest BCUT2D eigenvalue weighted by Gasteiger charge is -2.14. The van der Waals surface area contributed by atoms with Gasteiger partial charge in [0.2, 0.25) is 0 Å². The number of carbonyl (C=O) groups is 2. The van der Waals surface area contributed by atoms with Crippen LogP contribution >= 0.6 is 0 Å². The maximum absolute atomic E-state index is 12.6. The van der Waals surface area contributed by atoms with Crippen molar-refractivity contribution in [3.63, 3.8) is 0 Å². The van der Waals surface area contributed by atoms with Crippen molar-refractivity contribution < 1.29 is 28.5 Å². The fourth-order valence-electron chi connectivity index (χ4n) is 2.75. The lowest BCUT2D eigenvalue weighted by molar-refractivity contribution is 0.0469. The van der Waals surface area contributed by atoms with Gasteiger partial charge in [-0.3, -0.25) is 4.79 Å². The fraction of sp³-hybridized carbons (Fsp3) is 0.273. The van der Waals surface area contributed by atoms with Gasteiger partial charge in [-0.1, -0.05) is 12.2 Å². The molecule has 6 heteroatoms. The first-order chi connectivity index (χ1) is 13.4. The number of methoxy groups -OCH3 is 3. The Hall–Kier alpha value is -3.28. The first-order valence-electron chi connectivity index (χ1n) is 8.68. The monoisotopic (exact) mass is 384 g/mol. The zero-order valence-electron chi connectivity index (χ0n) is 16.7. The molecule has 2 aromatic rings. The van der Waals surface area contributed by atoms with E-state index < -0.39 is 5.97 Å². The van der Waals surface area contributed by atoms with Crippen molar-refractivity contribution in [1.82, 2.24) is 0 Å². The van der Waals surface area contributed by atoms with Crippen molar-refractivity contribution in [3.05, 3.63) is 58.7 Å². The largest absolute Gasteiger partial charge is 0.496 e. The summed E-state index contributed by atoms with van der Waals surface area (Å²) in [6, 6.07) is 8.25. The molecule has 0 amide bonds. The molecule has 0 aliphatic carbocycles. The fourth-order valence-corrected chi connectivity index (χ4v) is 2.75. The number of ketones is 1. The van der Waals surface area contributed by atoms with Crippen molar-refractivity contribution >= 4 is 17.8 Å². The minimum absolute atomic E-state index is 0.0313. The third kappa shape index (κ3) is 4.71. The van der Waals surface area contributed by atoms with Gasteiger partial charge in [0.1, 0.15) is 12.4 Å². The Morgan fingerprint density at radius 3 is 2.21 bits per heavy atom. The number of esters is 1. The molecule has 6 nitrogen and oxygen atoms in total. The first-order valence-corrected chi connectivity index (χ1v) is 8.68. The van der Waals surface area contributed by atoms with Crippen LogP contribution in [0.15, 0.2) is 36.4 Å². The first kappa shape index (κ1) is 21.0. The predicted octanol–water partition coefficient (Wildman–Crippen LogP) is 4.31. The van der Waals surface area contributed by atoms with Gasteiger partial charge < -0.3 is 18.9 Å². The maximum atomic E-state index is 12.6. The highest BCUT2D eigenvalue weighted by Gasteiger charge is 2.17. The number of allylic oxidation sites excluding steroid dienone is 1. The normalized spacial score (nSPS) is 10.6. The molecule has 28 heavy (non-hydrogen) atoms. The highest BCUT2D eigenvalue weighted by molar-refractivity contribution is 5.94. The molecule has 0 saturated heterocycles. The number of hydrogen-bond donors (Lipinski definition) is 0. The molecule has 0 aliphatic rings. The molecule has 0 aromatic heterocycles. The average Bonchev–Trinajstić information content (AvgIpc) is 2.71. The van der Waals surface area contributed by atoms with Gasteiger partial charge in [0.15, 0.2) is 17.3 Å². The molecular formula is C22H24O6. The molecule has 0 bridgehead atoms. The van der Waals surface area contributed by atoms with Crippen LogP contribution in [0.1, 0.15) is 45.7 Å². The van der Waals surface area contributed by atoms with E-state index in [4.69, 9.17) is 18.9 Å². The van der Waals surface area contributed by atoms with Gasteiger partial charge in [-0.25, -0.2) is 4.79 Å². The number of benzene rings is 2. The highest BCUT2D eigenvalue weighted by Crippen LogP contribution is 2.34. The minimum atomic E-state index is -0.526. The Labute approximate surface area is 164 Å². The molecular weight excluding hydrogens is 360 g/mol. The maximum Gasteiger partial charge on any atom is 0.338 e. The van der Waals surface area contributed by atoms with Crippen LogP contribution in [0.2, 0.25) is 0 Å². The van der Waals surface area contributed by atoms with Crippen molar-refractivity contribution in [1.29, 1.82) is 0 Å². The second-order valence-electron chi connectivity index (χ2n) is 5.96. The predicted molar refractivity (Wildman–Crippen MR) is 106 cm³/mol. The second-order valence-corrected chi connectivity index (χ2v) is 5.96. The molecule has 2 rings (SSSR count). The van der Waals surface area contributed by atoms with Crippen LogP contribution in [0, 0.1) is 0 Å². The summed E-state index contributed by atoms with van der Waals surface area (Å²) in [6.45, 7) is 3.31. The Bertz CT molecular complexity index is 898. The number of hydrogen-bond acceptors (Lipinski definition) is 6. The van der Waals surface area contributed by atoms with Crippen LogP contribution in [-0.4, -0.2) is 33.1 Å². The molecule has 148 valence electrons. The average molecular weight is 384 g/mol. The van der Waals surface area contributed by atoms with Gasteiger partial charge in [0.25, 0.3) is 0 Å². The van der Waals surface area contributed by atoms with Crippen LogP contribution in [0.4, 0.5) is 0 Å². The molecule has 0 fully saturated rings. The summed E-state index contributed by atoms with van der Waals surface area (Å²) in [7, 11) is 4.56. The van der Waals surface area contributed by atoms with Gasteiger partial charge in [-0.15, -0.1) is 0 Å². The van der Waals surface area contributed by atoms with Gasteiger partial charge in [0.05, 0.1) is 26.9 Å². The summed E-state index contributed by atoms with van der Waals surface area (Å²) in [4.78, 5) is 24.2. The standard InChI is InChI=1S/C22H24O6/c1-6-7-16-11-17(12-20(26-4)21(16)27-5)22(24)28-13-18-10-15(14(2)23)8-9-19(18)25-3/h6-12H,13H2,1-5H3.